The zero-order valence-corrected chi connectivity index (χ0v) is 19.0. The van der Waals surface area contributed by atoms with E-state index in [9.17, 15) is 9.59 Å². The fourth-order valence-corrected chi connectivity index (χ4v) is 5.09. The third kappa shape index (κ3) is 4.39. The van der Waals surface area contributed by atoms with Gasteiger partial charge >= 0.3 is 0 Å². The van der Waals surface area contributed by atoms with Crippen LogP contribution in [0.1, 0.15) is 30.0 Å². The molecule has 0 radical (unpaired) electrons. The van der Waals surface area contributed by atoms with E-state index in [1.165, 1.54) is 23.1 Å². The van der Waals surface area contributed by atoms with Crippen molar-refractivity contribution in [3.05, 3.63) is 59.2 Å². The number of aromatic nitrogens is 3. The zero-order chi connectivity index (χ0) is 22.1. The number of carbonyl (C=O) groups excluding carboxylic acids is 2. The van der Waals surface area contributed by atoms with Crippen LogP contribution in [0.25, 0.3) is 22.3 Å². The van der Waals surface area contributed by atoms with Gasteiger partial charge in [0, 0.05) is 23.1 Å². The number of rotatable bonds is 6. The van der Waals surface area contributed by atoms with Crippen LogP contribution in [0, 0.1) is 0 Å². The van der Waals surface area contributed by atoms with Gasteiger partial charge in [-0.1, -0.05) is 18.2 Å². The lowest BCUT2D eigenvalue weighted by Gasteiger charge is -2.17. The largest absolute Gasteiger partial charge is 0.341 e. The van der Waals surface area contributed by atoms with Crippen LogP contribution >= 0.6 is 23.1 Å². The second-order valence-corrected chi connectivity index (χ2v) is 9.79. The molecule has 0 bridgehead atoms. The molecule has 2 aromatic carbocycles. The number of benzene rings is 2. The van der Waals surface area contributed by atoms with Gasteiger partial charge in [0.2, 0.25) is 11.8 Å². The van der Waals surface area contributed by atoms with E-state index in [0.717, 1.165) is 45.8 Å². The summed E-state index contributed by atoms with van der Waals surface area (Å²) >= 11 is 2.93. The lowest BCUT2D eigenvalue weighted by atomic mass is 9.99. The summed E-state index contributed by atoms with van der Waals surface area (Å²) in [4.78, 5) is 36.5. The average Bonchev–Trinajstić information content (AvgIpc) is 3.44. The van der Waals surface area contributed by atoms with Gasteiger partial charge in [-0.25, -0.2) is 9.97 Å². The van der Waals surface area contributed by atoms with Crippen molar-refractivity contribution in [2.24, 2.45) is 0 Å². The number of hydrogen-bond donors (Lipinski definition) is 3. The summed E-state index contributed by atoms with van der Waals surface area (Å²) in [7, 11) is 0. The highest BCUT2D eigenvalue weighted by atomic mass is 32.2. The molecule has 1 aliphatic rings. The number of fused-ring (bicyclic) bond motifs is 2. The SMILES string of the molecule is CC(SCC(=O)Nc1nc(-c2ccc3c(c2)CCC(=O)N3)cs1)c1nc2ccccc2[nH]1. The third-order valence-electron chi connectivity index (χ3n) is 5.30. The molecule has 0 aliphatic carbocycles. The molecule has 162 valence electrons. The summed E-state index contributed by atoms with van der Waals surface area (Å²) < 4.78 is 0. The van der Waals surface area contributed by atoms with E-state index < -0.39 is 0 Å². The predicted molar refractivity (Wildman–Crippen MR) is 130 cm³/mol. The highest BCUT2D eigenvalue weighted by molar-refractivity contribution is 8.00. The Bertz CT molecular complexity index is 1280. The van der Waals surface area contributed by atoms with Crippen LogP contribution in [-0.4, -0.2) is 32.5 Å². The van der Waals surface area contributed by atoms with E-state index in [-0.39, 0.29) is 17.1 Å². The molecule has 0 fully saturated rings. The molecule has 7 nitrogen and oxygen atoms in total. The highest BCUT2D eigenvalue weighted by Gasteiger charge is 2.17. The molecular weight excluding hydrogens is 442 g/mol. The Balaban J connectivity index is 1.19. The smallest absolute Gasteiger partial charge is 0.236 e. The van der Waals surface area contributed by atoms with Crippen molar-refractivity contribution in [3.63, 3.8) is 0 Å². The van der Waals surface area contributed by atoms with Crippen molar-refractivity contribution in [2.45, 2.75) is 25.0 Å². The maximum atomic E-state index is 12.5. The number of nitrogens with one attached hydrogen (secondary N) is 3. The van der Waals surface area contributed by atoms with Crippen molar-refractivity contribution in [1.29, 1.82) is 0 Å². The number of carbonyl (C=O) groups is 2. The minimum atomic E-state index is -0.0907. The van der Waals surface area contributed by atoms with Crippen LogP contribution in [0.5, 0.6) is 0 Å². The van der Waals surface area contributed by atoms with Gasteiger partial charge < -0.3 is 15.6 Å². The number of thioether (sulfide) groups is 1. The minimum Gasteiger partial charge on any atom is -0.341 e. The first-order valence-corrected chi connectivity index (χ1v) is 12.2. The van der Waals surface area contributed by atoms with Gasteiger partial charge in [0.15, 0.2) is 5.13 Å². The highest BCUT2D eigenvalue weighted by Crippen LogP contribution is 2.31. The van der Waals surface area contributed by atoms with Gasteiger partial charge in [-0.05, 0) is 43.2 Å². The van der Waals surface area contributed by atoms with Crippen LogP contribution < -0.4 is 10.6 Å². The molecule has 3 N–H and O–H groups in total. The first kappa shape index (κ1) is 20.7. The quantitative estimate of drug-likeness (QED) is 0.373. The summed E-state index contributed by atoms with van der Waals surface area (Å²) in [6.45, 7) is 2.04. The zero-order valence-electron chi connectivity index (χ0n) is 17.3. The molecule has 0 spiro atoms. The third-order valence-corrected chi connectivity index (χ3v) is 7.21. The van der Waals surface area contributed by atoms with E-state index >= 15 is 0 Å². The van der Waals surface area contributed by atoms with Gasteiger partial charge in [0.25, 0.3) is 0 Å². The molecule has 2 amide bonds. The number of H-pyrrole nitrogens is 1. The van der Waals surface area contributed by atoms with Crippen LogP contribution in [0.3, 0.4) is 0 Å². The summed E-state index contributed by atoms with van der Waals surface area (Å²) in [5.41, 5.74) is 5.69. The van der Waals surface area contributed by atoms with Crippen LogP contribution in [0.4, 0.5) is 10.8 Å². The van der Waals surface area contributed by atoms with Gasteiger partial charge in [-0.15, -0.1) is 23.1 Å². The van der Waals surface area contributed by atoms with Crippen molar-refractivity contribution >= 4 is 56.8 Å². The first-order valence-electron chi connectivity index (χ1n) is 10.3. The lowest BCUT2D eigenvalue weighted by molar-refractivity contribution is -0.116. The van der Waals surface area contributed by atoms with Crippen LogP contribution in [0.2, 0.25) is 0 Å². The lowest BCUT2D eigenvalue weighted by Crippen LogP contribution is -2.18. The van der Waals surface area contributed by atoms with Gasteiger partial charge in [0.05, 0.1) is 27.7 Å². The van der Waals surface area contributed by atoms with Crippen molar-refractivity contribution in [1.82, 2.24) is 15.0 Å². The molecule has 3 heterocycles. The topological polar surface area (TPSA) is 99.8 Å². The number of imidazole rings is 1. The Morgan fingerprint density at radius 1 is 1.22 bits per heavy atom. The predicted octanol–water partition coefficient (Wildman–Crippen LogP) is 5.00. The standard InChI is InChI=1S/C23H21N5O2S2/c1-13(22-25-17-4-2-3-5-18(17)26-22)31-12-21(30)28-23-27-19(11-32-23)15-6-8-16-14(10-15)7-9-20(29)24-16/h2-6,8,10-11,13H,7,9,12H2,1H3,(H,24,29)(H,25,26)(H,27,28,30). The molecule has 1 aliphatic heterocycles. The van der Waals surface area contributed by atoms with E-state index in [2.05, 4.69) is 31.7 Å². The normalized spacial score (nSPS) is 14.1. The molecular formula is C23H21N5O2S2. The number of thiazole rings is 1. The Labute approximate surface area is 193 Å². The second-order valence-electron chi connectivity index (χ2n) is 7.60. The molecule has 4 aromatic rings. The molecule has 0 saturated heterocycles. The number of para-hydroxylation sites is 2. The molecule has 0 saturated carbocycles. The summed E-state index contributed by atoms with van der Waals surface area (Å²) in [5, 5.41) is 8.36. The molecule has 1 atom stereocenters. The Morgan fingerprint density at radius 3 is 2.97 bits per heavy atom. The average molecular weight is 464 g/mol. The molecule has 1 unspecified atom stereocenters. The molecule has 32 heavy (non-hydrogen) atoms. The molecule has 5 rings (SSSR count). The summed E-state index contributed by atoms with van der Waals surface area (Å²) in [6, 6.07) is 13.8. The van der Waals surface area contributed by atoms with Crippen molar-refractivity contribution in [2.75, 3.05) is 16.4 Å². The number of aromatic amines is 1. The summed E-state index contributed by atoms with van der Waals surface area (Å²) in [6.07, 6.45) is 1.22. The second kappa shape index (κ2) is 8.76. The van der Waals surface area contributed by atoms with Gasteiger partial charge in [-0.3, -0.25) is 9.59 Å². The van der Waals surface area contributed by atoms with Gasteiger partial charge in [0.1, 0.15) is 5.82 Å². The van der Waals surface area contributed by atoms with E-state index in [0.29, 0.717) is 17.3 Å². The first-order chi connectivity index (χ1) is 15.5. The number of nitrogens with zero attached hydrogens (tertiary/aromatic N) is 2. The fraction of sp³-hybridized carbons (Fsp3) is 0.217. The molecule has 9 heteroatoms. The summed E-state index contributed by atoms with van der Waals surface area (Å²) in [5.74, 6) is 1.14. The van der Waals surface area contributed by atoms with E-state index in [1.54, 1.807) is 0 Å². The van der Waals surface area contributed by atoms with Gasteiger partial charge in [-0.2, -0.15) is 0 Å². The number of aryl methyl sites for hydroxylation is 1. The Kier molecular flexibility index (Phi) is 5.67. The maximum absolute atomic E-state index is 12.5. The van der Waals surface area contributed by atoms with Crippen molar-refractivity contribution in [3.8, 4) is 11.3 Å². The maximum Gasteiger partial charge on any atom is 0.236 e. The molecule has 2 aromatic heterocycles. The van der Waals surface area contributed by atoms with E-state index in [1.807, 2.05) is 48.7 Å². The number of hydrogen-bond acceptors (Lipinski definition) is 6. The van der Waals surface area contributed by atoms with Crippen LogP contribution in [0.15, 0.2) is 47.8 Å². The van der Waals surface area contributed by atoms with Crippen molar-refractivity contribution < 1.29 is 9.59 Å². The number of amides is 2. The minimum absolute atomic E-state index is 0.0522. The van der Waals surface area contributed by atoms with Crippen LogP contribution in [-0.2, 0) is 16.0 Å². The Morgan fingerprint density at radius 2 is 2.09 bits per heavy atom. The fourth-order valence-electron chi connectivity index (χ4n) is 3.61. The Hall–Kier alpha value is -3.17. The van der Waals surface area contributed by atoms with E-state index in [4.69, 9.17) is 0 Å². The number of anilines is 2. The monoisotopic (exact) mass is 463 g/mol.